The van der Waals surface area contributed by atoms with Crippen LogP contribution >= 0.6 is 0 Å². The van der Waals surface area contributed by atoms with E-state index in [2.05, 4.69) is 0 Å². The maximum absolute atomic E-state index is 12.4. The number of rotatable bonds is 3. The lowest BCUT2D eigenvalue weighted by atomic mass is 9.77. The van der Waals surface area contributed by atoms with Crippen molar-refractivity contribution in [1.29, 1.82) is 0 Å². The van der Waals surface area contributed by atoms with Gasteiger partial charge in [-0.3, -0.25) is 4.79 Å². The van der Waals surface area contributed by atoms with Gasteiger partial charge in [0.1, 0.15) is 17.8 Å². The van der Waals surface area contributed by atoms with Crippen molar-refractivity contribution in [3.8, 4) is 5.75 Å². The number of carbonyl (C=O) groups is 1. The van der Waals surface area contributed by atoms with Gasteiger partial charge < -0.3 is 9.47 Å². The maximum atomic E-state index is 12.4. The van der Waals surface area contributed by atoms with Crippen LogP contribution in [0, 0.1) is 0 Å². The molecule has 1 heterocycles. The number of benzene rings is 2. The smallest absolute Gasteiger partial charge is 0.320 e. The zero-order valence-corrected chi connectivity index (χ0v) is 11.3. The fraction of sp³-hybridized carbons (Fsp3) is 0.235. The Bertz CT molecular complexity index is 621. The second-order valence-electron chi connectivity index (χ2n) is 5.02. The number of carbonyl (C=O) groups excluding carboxylic acids is 1. The number of fused-ring (bicyclic) bond motifs is 1. The van der Waals surface area contributed by atoms with Crippen molar-refractivity contribution in [1.82, 2.24) is 0 Å². The van der Waals surface area contributed by atoms with Gasteiger partial charge in [-0.2, -0.15) is 0 Å². The van der Waals surface area contributed by atoms with Crippen molar-refractivity contribution in [2.24, 2.45) is 0 Å². The van der Waals surface area contributed by atoms with Gasteiger partial charge in [0, 0.05) is 5.56 Å². The number of esters is 1. The van der Waals surface area contributed by atoms with Crippen LogP contribution in [0.1, 0.15) is 11.1 Å². The maximum Gasteiger partial charge on any atom is 0.320 e. The molecule has 0 aromatic heterocycles. The van der Waals surface area contributed by atoms with Gasteiger partial charge in [0.2, 0.25) is 0 Å². The first-order valence-corrected chi connectivity index (χ1v) is 6.61. The van der Waals surface area contributed by atoms with E-state index in [1.54, 1.807) is 0 Å². The summed E-state index contributed by atoms with van der Waals surface area (Å²) in [5.41, 5.74) is 1.26. The largest absolute Gasteiger partial charge is 0.492 e. The van der Waals surface area contributed by atoms with Crippen molar-refractivity contribution >= 4 is 5.97 Å². The van der Waals surface area contributed by atoms with Gasteiger partial charge in [-0.25, -0.2) is 0 Å². The highest BCUT2D eigenvalue weighted by Gasteiger charge is 2.48. The molecule has 0 amide bonds. The number of methoxy groups -OCH3 is 1. The predicted octanol–water partition coefficient (Wildman–Crippen LogP) is 2.73. The van der Waals surface area contributed by atoms with Crippen LogP contribution in [-0.4, -0.2) is 19.7 Å². The molecule has 3 heteroatoms. The van der Waals surface area contributed by atoms with Crippen LogP contribution in [0.3, 0.4) is 0 Å². The topological polar surface area (TPSA) is 35.5 Å². The molecule has 2 aromatic carbocycles. The summed E-state index contributed by atoms with van der Waals surface area (Å²) >= 11 is 0. The van der Waals surface area contributed by atoms with Crippen molar-refractivity contribution < 1.29 is 14.3 Å². The Morgan fingerprint density at radius 2 is 1.85 bits per heavy atom. The minimum Gasteiger partial charge on any atom is -0.492 e. The van der Waals surface area contributed by atoms with Crippen LogP contribution in [0.15, 0.2) is 54.6 Å². The second kappa shape index (κ2) is 5.00. The molecule has 0 aliphatic carbocycles. The molecule has 3 nitrogen and oxygen atoms in total. The molecule has 20 heavy (non-hydrogen) atoms. The highest BCUT2D eigenvalue weighted by atomic mass is 16.5. The molecule has 0 spiro atoms. The number of para-hydroxylation sites is 1. The monoisotopic (exact) mass is 268 g/mol. The molecule has 0 saturated carbocycles. The average molecular weight is 268 g/mol. The highest BCUT2D eigenvalue weighted by molar-refractivity contribution is 5.86. The summed E-state index contributed by atoms with van der Waals surface area (Å²) in [5, 5.41) is 0. The minimum absolute atomic E-state index is 0.244. The Balaban J connectivity index is 2.06. The van der Waals surface area contributed by atoms with Crippen molar-refractivity contribution in [2.75, 3.05) is 13.7 Å². The van der Waals surface area contributed by atoms with E-state index in [0.717, 1.165) is 16.9 Å². The van der Waals surface area contributed by atoms with Crippen molar-refractivity contribution in [3.63, 3.8) is 0 Å². The van der Waals surface area contributed by atoms with E-state index >= 15 is 0 Å². The van der Waals surface area contributed by atoms with E-state index in [1.165, 1.54) is 7.11 Å². The SMILES string of the molecule is COC(=O)C1(Cc2ccccc2)COc2ccccc21. The fourth-order valence-electron chi connectivity index (χ4n) is 2.79. The fourth-order valence-corrected chi connectivity index (χ4v) is 2.79. The lowest BCUT2D eigenvalue weighted by Gasteiger charge is -2.25. The highest BCUT2D eigenvalue weighted by Crippen LogP contribution is 2.41. The van der Waals surface area contributed by atoms with Crippen molar-refractivity contribution in [3.05, 3.63) is 65.7 Å². The first kappa shape index (κ1) is 12.7. The number of hydrogen-bond acceptors (Lipinski definition) is 3. The van der Waals surface area contributed by atoms with Crippen LogP contribution in [0.2, 0.25) is 0 Å². The number of hydrogen-bond donors (Lipinski definition) is 0. The Morgan fingerprint density at radius 3 is 2.60 bits per heavy atom. The minimum atomic E-state index is -0.743. The van der Waals surface area contributed by atoms with Crippen LogP contribution in [0.4, 0.5) is 0 Å². The van der Waals surface area contributed by atoms with E-state index in [9.17, 15) is 4.79 Å². The zero-order chi connectivity index (χ0) is 14.0. The number of ether oxygens (including phenoxy) is 2. The molecule has 1 atom stereocenters. The molecule has 0 saturated heterocycles. The summed E-state index contributed by atoms with van der Waals surface area (Å²) in [5.74, 6) is 0.528. The molecule has 3 rings (SSSR count). The van der Waals surface area contributed by atoms with Gasteiger partial charge in [-0.1, -0.05) is 48.5 Å². The van der Waals surface area contributed by atoms with Crippen LogP contribution in [-0.2, 0) is 21.4 Å². The molecular formula is C17H16O3. The third-order valence-corrected chi connectivity index (χ3v) is 3.80. The Hall–Kier alpha value is -2.29. The average Bonchev–Trinajstić information content (AvgIpc) is 2.88. The molecule has 1 unspecified atom stereocenters. The summed E-state index contributed by atoms with van der Waals surface area (Å²) in [7, 11) is 1.43. The van der Waals surface area contributed by atoms with Crippen LogP contribution in [0.5, 0.6) is 5.75 Å². The Kier molecular flexibility index (Phi) is 3.18. The van der Waals surface area contributed by atoms with Gasteiger partial charge in [0.15, 0.2) is 0 Å². The predicted molar refractivity (Wildman–Crippen MR) is 75.8 cm³/mol. The summed E-state index contributed by atoms with van der Waals surface area (Å²) in [6.45, 7) is 0.327. The molecule has 102 valence electrons. The van der Waals surface area contributed by atoms with E-state index in [0.29, 0.717) is 13.0 Å². The summed E-state index contributed by atoms with van der Waals surface area (Å²) < 4.78 is 10.8. The standard InChI is InChI=1S/C17H16O3/c1-19-16(18)17(11-13-7-3-2-4-8-13)12-20-15-10-6-5-9-14(15)17/h2-10H,11-12H2,1H3. The van der Waals surface area contributed by atoms with Crippen molar-refractivity contribution in [2.45, 2.75) is 11.8 Å². The summed E-state index contributed by atoms with van der Waals surface area (Å²) in [4.78, 5) is 12.4. The normalized spacial score (nSPS) is 20.1. The molecule has 0 radical (unpaired) electrons. The Morgan fingerprint density at radius 1 is 1.15 bits per heavy atom. The first-order chi connectivity index (χ1) is 9.76. The van der Waals surface area contributed by atoms with E-state index in [4.69, 9.17) is 9.47 Å². The van der Waals surface area contributed by atoms with Gasteiger partial charge in [0.25, 0.3) is 0 Å². The summed E-state index contributed by atoms with van der Waals surface area (Å²) in [6.07, 6.45) is 0.581. The van der Waals surface area contributed by atoms with Gasteiger partial charge in [-0.05, 0) is 18.1 Å². The van der Waals surface area contributed by atoms with Crippen LogP contribution in [0.25, 0.3) is 0 Å². The first-order valence-electron chi connectivity index (χ1n) is 6.61. The van der Waals surface area contributed by atoms with Crippen LogP contribution < -0.4 is 4.74 Å². The zero-order valence-electron chi connectivity index (χ0n) is 11.3. The lowest BCUT2D eigenvalue weighted by Crippen LogP contribution is -2.40. The third kappa shape index (κ3) is 1.95. The van der Waals surface area contributed by atoms with E-state index < -0.39 is 5.41 Å². The molecule has 1 aliphatic heterocycles. The molecular weight excluding hydrogens is 252 g/mol. The Labute approximate surface area is 118 Å². The van der Waals surface area contributed by atoms with E-state index in [-0.39, 0.29) is 5.97 Å². The van der Waals surface area contributed by atoms with E-state index in [1.807, 2.05) is 54.6 Å². The molecule has 0 bridgehead atoms. The van der Waals surface area contributed by atoms with Gasteiger partial charge in [-0.15, -0.1) is 0 Å². The lowest BCUT2D eigenvalue weighted by molar-refractivity contribution is -0.148. The van der Waals surface area contributed by atoms with Gasteiger partial charge in [0.05, 0.1) is 7.11 Å². The second-order valence-corrected chi connectivity index (χ2v) is 5.02. The molecule has 2 aromatic rings. The van der Waals surface area contributed by atoms with Gasteiger partial charge >= 0.3 is 5.97 Å². The molecule has 0 N–H and O–H groups in total. The third-order valence-electron chi connectivity index (χ3n) is 3.80. The summed E-state index contributed by atoms with van der Waals surface area (Å²) in [6, 6.07) is 17.6. The quantitative estimate of drug-likeness (QED) is 0.803. The molecule has 1 aliphatic rings. The molecule has 0 fully saturated rings.